The van der Waals surface area contributed by atoms with Gasteiger partial charge in [-0.05, 0) is 12.1 Å². The number of nitrogen functional groups attached to an aromatic ring is 2. The van der Waals surface area contributed by atoms with E-state index >= 15 is 0 Å². The summed E-state index contributed by atoms with van der Waals surface area (Å²) < 4.78 is 0. The molecule has 0 aliphatic heterocycles. The van der Waals surface area contributed by atoms with Gasteiger partial charge in [-0.2, -0.15) is 0 Å². The molecule has 0 bridgehead atoms. The van der Waals surface area contributed by atoms with E-state index in [4.69, 9.17) is 11.5 Å². The van der Waals surface area contributed by atoms with Gasteiger partial charge in [0.1, 0.15) is 12.0 Å². The lowest BCUT2D eigenvalue weighted by atomic mass is 10.3. The summed E-state index contributed by atoms with van der Waals surface area (Å²) in [5.74, 6) is 0.909. The van der Waals surface area contributed by atoms with E-state index < -0.39 is 0 Å². The number of benzene rings is 1. The summed E-state index contributed by atoms with van der Waals surface area (Å²) in [5, 5.41) is 0. The van der Waals surface area contributed by atoms with E-state index in [-0.39, 0.29) is 0 Å². The maximum Gasteiger partial charge on any atom is 0.161 e. The van der Waals surface area contributed by atoms with Gasteiger partial charge in [-0.25, -0.2) is 9.97 Å². The fourth-order valence-corrected chi connectivity index (χ4v) is 1.44. The molecule has 82 valence electrons. The van der Waals surface area contributed by atoms with Gasteiger partial charge in [-0.15, -0.1) is 0 Å². The first-order chi connectivity index (χ1) is 7.70. The number of nitrogens with zero attached hydrogens (tertiary/aromatic N) is 3. The molecular weight excluding hydrogens is 202 g/mol. The number of nitrogens with two attached hydrogens (primary N) is 2. The smallest absolute Gasteiger partial charge is 0.161 e. The molecule has 0 saturated heterocycles. The van der Waals surface area contributed by atoms with E-state index in [1.165, 1.54) is 6.33 Å². The summed E-state index contributed by atoms with van der Waals surface area (Å²) in [7, 11) is 1.88. The highest BCUT2D eigenvalue weighted by molar-refractivity contribution is 5.77. The molecule has 0 spiro atoms. The molecule has 0 amide bonds. The van der Waals surface area contributed by atoms with Crippen LogP contribution in [0.25, 0.3) is 0 Å². The Labute approximate surface area is 93.7 Å². The second-order valence-corrected chi connectivity index (χ2v) is 3.39. The van der Waals surface area contributed by atoms with E-state index in [0.29, 0.717) is 17.3 Å². The van der Waals surface area contributed by atoms with Crippen LogP contribution in [0.4, 0.5) is 23.0 Å². The van der Waals surface area contributed by atoms with E-state index in [2.05, 4.69) is 9.97 Å². The lowest BCUT2D eigenvalue weighted by Crippen LogP contribution is -2.14. The lowest BCUT2D eigenvalue weighted by Gasteiger charge is -2.19. The quantitative estimate of drug-likeness (QED) is 0.791. The average Bonchev–Trinajstić information content (AvgIpc) is 2.33. The second kappa shape index (κ2) is 4.06. The van der Waals surface area contributed by atoms with Gasteiger partial charge in [-0.1, -0.05) is 18.2 Å². The van der Waals surface area contributed by atoms with Gasteiger partial charge >= 0.3 is 0 Å². The molecule has 0 aliphatic rings. The zero-order valence-electron chi connectivity index (χ0n) is 8.96. The van der Waals surface area contributed by atoms with Gasteiger partial charge in [0, 0.05) is 12.7 Å². The average molecular weight is 215 g/mol. The Balaban J connectivity index is 2.42. The summed E-state index contributed by atoms with van der Waals surface area (Å²) >= 11 is 0. The number of rotatable bonds is 2. The predicted octanol–water partition coefficient (Wildman–Crippen LogP) is 1.41. The molecule has 0 saturated carbocycles. The second-order valence-electron chi connectivity index (χ2n) is 3.39. The molecule has 1 aromatic carbocycles. The molecule has 5 nitrogen and oxygen atoms in total. The van der Waals surface area contributed by atoms with Crippen LogP contribution in [-0.4, -0.2) is 17.0 Å². The zero-order valence-corrected chi connectivity index (χ0v) is 8.96. The first-order valence-corrected chi connectivity index (χ1v) is 4.85. The minimum absolute atomic E-state index is 0.299. The number of aromatic nitrogens is 2. The minimum Gasteiger partial charge on any atom is -0.393 e. The number of hydrogen-bond donors (Lipinski definition) is 2. The Morgan fingerprint density at radius 1 is 1.06 bits per heavy atom. The molecule has 4 N–H and O–H groups in total. The molecule has 0 atom stereocenters. The highest BCUT2D eigenvalue weighted by atomic mass is 15.2. The number of para-hydroxylation sites is 1. The van der Waals surface area contributed by atoms with Crippen molar-refractivity contribution in [2.24, 2.45) is 0 Å². The lowest BCUT2D eigenvalue weighted by molar-refractivity contribution is 1.09. The van der Waals surface area contributed by atoms with Crippen molar-refractivity contribution in [3.8, 4) is 0 Å². The van der Waals surface area contributed by atoms with Crippen molar-refractivity contribution in [2.45, 2.75) is 0 Å². The topological polar surface area (TPSA) is 81.1 Å². The van der Waals surface area contributed by atoms with Crippen LogP contribution in [0.3, 0.4) is 0 Å². The number of hydrogen-bond acceptors (Lipinski definition) is 5. The molecule has 16 heavy (non-hydrogen) atoms. The molecule has 2 rings (SSSR count). The van der Waals surface area contributed by atoms with Gasteiger partial charge in [0.15, 0.2) is 11.6 Å². The Hall–Kier alpha value is -2.30. The van der Waals surface area contributed by atoms with Gasteiger partial charge < -0.3 is 16.4 Å². The fraction of sp³-hybridized carbons (Fsp3) is 0.0909. The summed E-state index contributed by atoms with van der Waals surface area (Å²) in [6, 6.07) is 9.80. The first-order valence-electron chi connectivity index (χ1n) is 4.85. The van der Waals surface area contributed by atoms with Crippen molar-refractivity contribution in [1.29, 1.82) is 0 Å². The fourth-order valence-electron chi connectivity index (χ4n) is 1.44. The Morgan fingerprint density at radius 2 is 1.75 bits per heavy atom. The minimum atomic E-state index is 0.299. The van der Waals surface area contributed by atoms with Crippen LogP contribution in [0.15, 0.2) is 36.7 Å². The highest BCUT2D eigenvalue weighted by Gasteiger charge is 2.11. The molecule has 0 unspecified atom stereocenters. The maximum absolute atomic E-state index is 5.83. The normalized spacial score (nSPS) is 10.1. The Bertz CT molecular complexity index is 483. The Morgan fingerprint density at radius 3 is 2.44 bits per heavy atom. The van der Waals surface area contributed by atoms with Gasteiger partial charge in [0.05, 0.1) is 0 Å². The molecule has 1 heterocycles. The summed E-state index contributed by atoms with van der Waals surface area (Å²) in [6.45, 7) is 0. The Kier molecular flexibility index (Phi) is 2.59. The van der Waals surface area contributed by atoms with Crippen molar-refractivity contribution < 1.29 is 0 Å². The molecule has 0 fully saturated rings. The zero-order chi connectivity index (χ0) is 11.5. The highest BCUT2D eigenvalue weighted by Crippen LogP contribution is 2.28. The SMILES string of the molecule is CN(c1ccccc1)c1ncnc(N)c1N. The third-order valence-electron chi connectivity index (χ3n) is 2.35. The molecule has 2 aromatic rings. The third-order valence-corrected chi connectivity index (χ3v) is 2.35. The van der Waals surface area contributed by atoms with Crippen LogP contribution in [0.2, 0.25) is 0 Å². The molecule has 0 radical (unpaired) electrons. The van der Waals surface area contributed by atoms with E-state index in [1.54, 1.807) is 0 Å². The van der Waals surface area contributed by atoms with E-state index in [0.717, 1.165) is 5.69 Å². The molecule has 5 heteroatoms. The largest absolute Gasteiger partial charge is 0.393 e. The molecular formula is C11H13N5. The van der Waals surface area contributed by atoms with Crippen LogP contribution in [-0.2, 0) is 0 Å². The molecule has 0 aliphatic carbocycles. The van der Waals surface area contributed by atoms with Crippen LogP contribution in [0, 0.1) is 0 Å². The van der Waals surface area contributed by atoms with Crippen molar-refractivity contribution in [3.63, 3.8) is 0 Å². The van der Waals surface area contributed by atoms with Gasteiger partial charge in [0.25, 0.3) is 0 Å². The van der Waals surface area contributed by atoms with E-state index in [1.807, 2.05) is 42.3 Å². The van der Waals surface area contributed by atoms with Crippen LogP contribution < -0.4 is 16.4 Å². The van der Waals surface area contributed by atoms with Crippen LogP contribution in [0.5, 0.6) is 0 Å². The van der Waals surface area contributed by atoms with Crippen molar-refractivity contribution in [3.05, 3.63) is 36.7 Å². The maximum atomic E-state index is 5.83. The van der Waals surface area contributed by atoms with E-state index in [9.17, 15) is 0 Å². The summed E-state index contributed by atoms with van der Waals surface area (Å²) in [6.07, 6.45) is 1.40. The third kappa shape index (κ3) is 1.75. The van der Waals surface area contributed by atoms with Crippen LogP contribution >= 0.6 is 0 Å². The van der Waals surface area contributed by atoms with Gasteiger partial charge in [0.2, 0.25) is 0 Å². The van der Waals surface area contributed by atoms with Crippen molar-refractivity contribution in [1.82, 2.24) is 9.97 Å². The predicted molar refractivity (Wildman–Crippen MR) is 65.4 cm³/mol. The van der Waals surface area contributed by atoms with Crippen molar-refractivity contribution >= 4 is 23.0 Å². The first kappa shape index (κ1) is 10.2. The van der Waals surface area contributed by atoms with Crippen LogP contribution in [0.1, 0.15) is 0 Å². The summed E-state index contributed by atoms with van der Waals surface area (Å²) in [5.41, 5.74) is 12.9. The van der Waals surface area contributed by atoms with Crippen molar-refractivity contribution in [2.75, 3.05) is 23.4 Å². The molecule has 1 aromatic heterocycles. The number of anilines is 4. The van der Waals surface area contributed by atoms with Gasteiger partial charge in [-0.3, -0.25) is 0 Å². The standard InChI is InChI=1S/C11H13N5/c1-16(8-5-3-2-4-6-8)11-9(12)10(13)14-7-15-11/h2-7H,12H2,1H3,(H2,13,14,15). The summed E-state index contributed by atoms with van der Waals surface area (Å²) in [4.78, 5) is 9.82. The monoisotopic (exact) mass is 215 g/mol.